The van der Waals surface area contributed by atoms with E-state index in [1.54, 1.807) is 0 Å². The van der Waals surface area contributed by atoms with Crippen molar-refractivity contribution in [2.45, 2.75) is 52.0 Å². The number of aromatic amines is 1. The summed E-state index contributed by atoms with van der Waals surface area (Å²) in [5.41, 5.74) is -0.0850. The molecule has 0 aromatic carbocycles. The van der Waals surface area contributed by atoms with Gasteiger partial charge in [-0.3, -0.25) is 14.3 Å². The lowest BCUT2D eigenvalue weighted by molar-refractivity contribution is 0.443. The van der Waals surface area contributed by atoms with E-state index in [9.17, 15) is 9.59 Å². The zero-order chi connectivity index (χ0) is 13.3. The van der Waals surface area contributed by atoms with E-state index in [4.69, 9.17) is 11.6 Å². The fourth-order valence-electron chi connectivity index (χ4n) is 2.37. The summed E-state index contributed by atoms with van der Waals surface area (Å²) in [6, 6.07) is -0.0541. The topological polar surface area (TPSA) is 54.9 Å². The van der Waals surface area contributed by atoms with Crippen LogP contribution < -0.4 is 11.2 Å². The third kappa shape index (κ3) is 2.69. The van der Waals surface area contributed by atoms with Gasteiger partial charge in [-0.15, -0.1) is 0 Å². The summed E-state index contributed by atoms with van der Waals surface area (Å²) in [7, 11) is 0. The van der Waals surface area contributed by atoms with E-state index in [0.29, 0.717) is 17.9 Å². The molecule has 100 valence electrons. The van der Waals surface area contributed by atoms with Crippen molar-refractivity contribution in [3.8, 4) is 0 Å². The molecule has 1 aliphatic carbocycles. The second kappa shape index (κ2) is 5.31. The van der Waals surface area contributed by atoms with Crippen molar-refractivity contribution < 1.29 is 0 Å². The highest BCUT2D eigenvalue weighted by Crippen LogP contribution is 2.36. The van der Waals surface area contributed by atoms with Crippen LogP contribution in [0.15, 0.2) is 9.59 Å². The quantitative estimate of drug-likeness (QED) is 0.836. The Balaban J connectivity index is 2.41. The number of nitrogens with one attached hydrogen (secondary N) is 1. The average Bonchev–Trinajstić information content (AvgIpc) is 3.07. The number of nitrogens with zero attached hydrogens (tertiary/aromatic N) is 1. The van der Waals surface area contributed by atoms with Crippen LogP contribution in [0, 0.1) is 5.92 Å². The maximum absolute atomic E-state index is 12.3. The molecule has 5 heteroatoms. The first-order valence-electron chi connectivity index (χ1n) is 6.57. The minimum atomic E-state index is -0.391. The maximum atomic E-state index is 12.3. The fraction of sp³-hybridized carbons (Fsp3) is 0.692. The monoisotopic (exact) mass is 270 g/mol. The lowest BCUT2D eigenvalue weighted by atomic mass is 10.1. The SMILES string of the molecule is CCCc1c(Cl)[nH]c(=O)n(C(C)CC2CC2)c1=O. The van der Waals surface area contributed by atoms with Crippen LogP contribution in [0.4, 0.5) is 0 Å². The predicted octanol–water partition coefficient (Wildman–Crippen LogP) is 2.50. The molecular weight excluding hydrogens is 252 g/mol. The van der Waals surface area contributed by atoms with Crippen molar-refractivity contribution in [1.82, 2.24) is 9.55 Å². The number of aromatic nitrogens is 2. The standard InChI is InChI=1S/C13H19ClN2O2/c1-3-4-10-11(14)15-13(18)16(12(10)17)8(2)7-9-5-6-9/h8-9H,3-7H2,1-2H3,(H,15,18). The van der Waals surface area contributed by atoms with Gasteiger partial charge in [0.1, 0.15) is 5.15 Å². The van der Waals surface area contributed by atoms with Gasteiger partial charge in [-0.1, -0.05) is 37.8 Å². The number of H-pyrrole nitrogens is 1. The molecule has 1 atom stereocenters. The van der Waals surface area contributed by atoms with E-state index in [0.717, 1.165) is 12.8 Å². The van der Waals surface area contributed by atoms with E-state index in [1.807, 2.05) is 13.8 Å². The molecule has 1 fully saturated rings. The second-order valence-electron chi connectivity index (χ2n) is 5.18. The van der Waals surface area contributed by atoms with Crippen LogP contribution in [-0.2, 0) is 6.42 Å². The first kappa shape index (κ1) is 13.4. The fourth-order valence-corrected chi connectivity index (χ4v) is 2.63. The van der Waals surface area contributed by atoms with Gasteiger partial charge in [0.25, 0.3) is 5.56 Å². The van der Waals surface area contributed by atoms with Crippen LogP contribution in [0.25, 0.3) is 0 Å². The van der Waals surface area contributed by atoms with Crippen LogP contribution in [0.1, 0.15) is 51.1 Å². The molecule has 1 heterocycles. The van der Waals surface area contributed by atoms with Gasteiger partial charge in [0.15, 0.2) is 0 Å². The molecule has 1 N–H and O–H groups in total. The smallest absolute Gasteiger partial charge is 0.297 e. The molecule has 4 nitrogen and oxygen atoms in total. The first-order chi connectivity index (χ1) is 8.54. The molecular formula is C13H19ClN2O2. The molecule has 1 aliphatic rings. The summed E-state index contributed by atoms with van der Waals surface area (Å²) in [5.74, 6) is 0.677. The van der Waals surface area contributed by atoms with Gasteiger partial charge >= 0.3 is 5.69 Å². The Morgan fingerprint density at radius 2 is 2.11 bits per heavy atom. The largest absolute Gasteiger partial charge is 0.329 e. The highest BCUT2D eigenvalue weighted by Gasteiger charge is 2.26. The zero-order valence-electron chi connectivity index (χ0n) is 10.8. The number of rotatable bonds is 5. The highest BCUT2D eigenvalue weighted by molar-refractivity contribution is 6.30. The summed E-state index contributed by atoms with van der Waals surface area (Å²) >= 11 is 5.94. The molecule has 0 saturated heterocycles. The molecule has 1 saturated carbocycles. The predicted molar refractivity (Wildman–Crippen MR) is 72.4 cm³/mol. The van der Waals surface area contributed by atoms with Gasteiger partial charge < -0.3 is 0 Å². The molecule has 1 unspecified atom stereocenters. The molecule has 18 heavy (non-hydrogen) atoms. The van der Waals surface area contributed by atoms with E-state index in [2.05, 4.69) is 4.98 Å². The van der Waals surface area contributed by atoms with Crippen LogP contribution >= 0.6 is 11.6 Å². The summed E-state index contributed by atoms with van der Waals surface area (Å²) in [6.45, 7) is 3.91. The van der Waals surface area contributed by atoms with Gasteiger partial charge in [-0.2, -0.15) is 0 Å². The number of hydrogen-bond acceptors (Lipinski definition) is 2. The minimum Gasteiger partial charge on any atom is -0.297 e. The van der Waals surface area contributed by atoms with Gasteiger partial charge in [0, 0.05) is 6.04 Å². The zero-order valence-corrected chi connectivity index (χ0v) is 11.6. The van der Waals surface area contributed by atoms with Crippen molar-refractivity contribution in [3.63, 3.8) is 0 Å². The normalized spacial score (nSPS) is 16.8. The van der Waals surface area contributed by atoms with Gasteiger partial charge in [0.2, 0.25) is 0 Å². The Labute approximate surface area is 111 Å². The molecule has 1 aromatic heterocycles. The molecule has 0 radical (unpaired) electrons. The lowest BCUT2D eigenvalue weighted by Gasteiger charge is -2.15. The number of hydrogen-bond donors (Lipinski definition) is 1. The van der Waals surface area contributed by atoms with Gasteiger partial charge in [-0.25, -0.2) is 4.79 Å². The third-order valence-electron chi connectivity index (χ3n) is 3.49. The molecule has 0 bridgehead atoms. The van der Waals surface area contributed by atoms with E-state index in [-0.39, 0.29) is 16.8 Å². The maximum Gasteiger partial charge on any atom is 0.329 e. The van der Waals surface area contributed by atoms with Gasteiger partial charge in [-0.05, 0) is 25.7 Å². The van der Waals surface area contributed by atoms with Crippen LogP contribution in [0.3, 0.4) is 0 Å². The summed E-state index contributed by atoms with van der Waals surface area (Å²) in [6.07, 6.45) is 4.76. The second-order valence-corrected chi connectivity index (χ2v) is 5.55. The van der Waals surface area contributed by atoms with Crippen molar-refractivity contribution in [2.75, 3.05) is 0 Å². The van der Waals surface area contributed by atoms with Crippen molar-refractivity contribution >= 4 is 11.6 Å². The third-order valence-corrected chi connectivity index (χ3v) is 3.81. The van der Waals surface area contributed by atoms with Crippen LogP contribution in [0.2, 0.25) is 5.15 Å². The van der Waals surface area contributed by atoms with E-state index < -0.39 is 5.69 Å². The number of halogens is 1. The Kier molecular flexibility index (Phi) is 3.95. The Hall–Kier alpha value is -1.03. The molecule has 2 rings (SSSR count). The Morgan fingerprint density at radius 3 is 2.67 bits per heavy atom. The Bertz CT molecular complexity index is 543. The highest BCUT2D eigenvalue weighted by atomic mass is 35.5. The molecule has 0 amide bonds. The summed E-state index contributed by atoms with van der Waals surface area (Å²) in [4.78, 5) is 26.8. The molecule has 1 aromatic rings. The molecule has 0 aliphatic heterocycles. The minimum absolute atomic E-state index is 0.0541. The lowest BCUT2D eigenvalue weighted by Crippen LogP contribution is -2.39. The van der Waals surface area contributed by atoms with Crippen LogP contribution in [-0.4, -0.2) is 9.55 Å². The van der Waals surface area contributed by atoms with Gasteiger partial charge in [0.05, 0.1) is 5.56 Å². The molecule has 0 spiro atoms. The van der Waals surface area contributed by atoms with E-state index in [1.165, 1.54) is 17.4 Å². The summed E-state index contributed by atoms with van der Waals surface area (Å²) in [5, 5.41) is 0.196. The van der Waals surface area contributed by atoms with E-state index >= 15 is 0 Å². The van der Waals surface area contributed by atoms with Crippen LogP contribution in [0.5, 0.6) is 0 Å². The van der Waals surface area contributed by atoms with Crippen molar-refractivity contribution in [1.29, 1.82) is 0 Å². The average molecular weight is 271 g/mol. The summed E-state index contributed by atoms with van der Waals surface area (Å²) < 4.78 is 1.33. The first-order valence-corrected chi connectivity index (χ1v) is 6.95. The Morgan fingerprint density at radius 1 is 1.44 bits per heavy atom. The van der Waals surface area contributed by atoms with Crippen molar-refractivity contribution in [2.24, 2.45) is 5.92 Å². The van der Waals surface area contributed by atoms with Crippen molar-refractivity contribution in [3.05, 3.63) is 31.6 Å².